The van der Waals surface area contributed by atoms with E-state index >= 15 is 0 Å². The smallest absolute Gasteiger partial charge is 0.0802 e. The first-order valence-corrected chi connectivity index (χ1v) is 8.17. The van der Waals surface area contributed by atoms with Gasteiger partial charge in [0.2, 0.25) is 0 Å². The Morgan fingerprint density at radius 1 is 1.35 bits per heavy atom. The number of hydrogen-bond acceptors (Lipinski definition) is 3. The number of hydrogen-bond donors (Lipinski definition) is 1. The summed E-state index contributed by atoms with van der Waals surface area (Å²) in [5.74, 6) is 0.917. The Morgan fingerprint density at radius 2 is 2.15 bits per heavy atom. The van der Waals surface area contributed by atoms with Gasteiger partial charge in [0.1, 0.15) is 0 Å². The molecular weight excluding hydrogens is 290 g/mol. The largest absolute Gasteiger partial charge is 0.308 e. The van der Waals surface area contributed by atoms with Gasteiger partial charge in [-0.05, 0) is 31.2 Å². The Labute approximate surface area is 129 Å². The average Bonchev–Trinajstić information content (AvgIpc) is 2.87. The molecule has 1 unspecified atom stereocenters. The zero-order valence-corrected chi connectivity index (χ0v) is 13.4. The Bertz CT molecular complexity index is 541. The lowest BCUT2D eigenvalue weighted by molar-refractivity contribution is 0.555. The molecule has 0 bridgehead atoms. The molecule has 5 heteroatoms. The van der Waals surface area contributed by atoms with Gasteiger partial charge in [-0.2, -0.15) is 5.10 Å². The van der Waals surface area contributed by atoms with Crippen LogP contribution in [0.25, 0.3) is 0 Å². The summed E-state index contributed by atoms with van der Waals surface area (Å²) >= 11 is 7.97. The highest BCUT2D eigenvalue weighted by atomic mass is 35.5. The van der Waals surface area contributed by atoms with Crippen LogP contribution in [0.15, 0.2) is 41.4 Å². The lowest BCUT2D eigenvalue weighted by atomic mass is 10.2. The predicted molar refractivity (Wildman–Crippen MR) is 86.4 cm³/mol. The Balaban J connectivity index is 2.03. The van der Waals surface area contributed by atoms with Crippen molar-refractivity contribution in [1.29, 1.82) is 0 Å². The van der Waals surface area contributed by atoms with Gasteiger partial charge in [0.15, 0.2) is 0 Å². The fourth-order valence-electron chi connectivity index (χ4n) is 1.92. The van der Waals surface area contributed by atoms with Crippen molar-refractivity contribution in [3.63, 3.8) is 0 Å². The predicted octanol–water partition coefficient (Wildman–Crippen LogP) is 3.91. The number of nitrogens with one attached hydrogen (secondary N) is 1. The van der Waals surface area contributed by atoms with E-state index in [0.29, 0.717) is 0 Å². The molecule has 1 aromatic heterocycles. The Morgan fingerprint density at radius 3 is 2.80 bits per heavy atom. The number of benzene rings is 1. The molecule has 20 heavy (non-hydrogen) atoms. The minimum atomic E-state index is 0.248. The van der Waals surface area contributed by atoms with Gasteiger partial charge in [-0.15, -0.1) is 11.8 Å². The zero-order chi connectivity index (χ0) is 14.4. The maximum atomic E-state index is 6.20. The first-order valence-electron chi connectivity index (χ1n) is 6.81. The van der Waals surface area contributed by atoms with Crippen molar-refractivity contribution in [2.24, 2.45) is 7.05 Å². The molecule has 1 heterocycles. The third-order valence-corrected chi connectivity index (χ3v) is 4.58. The lowest BCUT2D eigenvalue weighted by Gasteiger charge is -2.16. The van der Waals surface area contributed by atoms with Crippen LogP contribution in [0.4, 0.5) is 0 Å². The molecule has 108 valence electrons. The van der Waals surface area contributed by atoms with Crippen LogP contribution in [-0.2, 0) is 7.05 Å². The summed E-state index contributed by atoms with van der Waals surface area (Å²) in [4.78, 5) is 1.12. The highest BCUT2D eigenvalue weighted by Crippen LogP contribution is 2.29. The molecule has 2 rings (SSSR count). The first kappa shape index (κ1) is 15.4. The van der Waals surface area contributed by atoms with E-state index < -0.39 is 0 Å². The van der Waals surface area contributed by atoms with Crippen molar-refractivity contribution in [1.82, 2.24) is 15.1 Å². The SMILES string of the molecule is CCCNC(CSc1ccccc1Cl)c1ccn(C)n1. The fourth-order valence-corrected chi connectivity index (χ4v) is 3.24. The number of rotatable bonds is 7. The molecule has 0 radical (unpaired) electrons. The minimum Gasteiger partial charge on any atom is -0.308 e. The molecule has 0 aliphatic carbocycles. The molecular formula is C15H20ClN3S. The highest BCUT2D eigenvalue weighted by Gasteiger charge is 2.14. The van der Waals surface area contributed by atoms with Gasteiger partial charge in [0, 0.05) is 23.9 Å². The topological polar surface area (TPSA) is 29.9 Å². The van der Waals surface area contributed by atoms with Crippen molar-refractivity contribution >= 4 is 23.4 Å². The van der Waals surface area contributed by atoms with Crippen molar-refractivity contribution in [3.8, 4) is 0 Å². The molecule has 2 aromatic rings. The van der Waals surface area contributed by atoms with Gasteiger partial charge in [0.25, 0.3) is 0 Å². The van der Waals surface area contributed by atoms with Gasteiger partial charge in [-0.3, -0.25) is 4.68 Å². The maximum Gasteiger partial charge on any atom is 0.0802 e. The molecule has 0 amide bonds. The van der Waals surface area contributed by atoms with Gasteiger partial charge in [-0.1, -0.05) is 30.7 Å². The summed E-state index contributed by atoms with van der Waals surface area (Å²) in [5.41, 5.74) is 1.08. The quantitative estimate of drug-likeness (QED) is 0.787. The summed E-state index contributed by atoms with van der Waals surface area (Å²) in [6.07, 6.45) is 3.09. The summed E-state index contributed by atoms with van der Waals surface area (Å²) in [6.45, 7) is 3.16. The number of halogens is 1. The Hall–Kier alpha value is -0.970. The van der Waals surface area contributed by atoms with Crippen molar-refractivity contribution < 1.29 is 0 Å². The number of aryl methyl sites for hydroxylation is 1. The standard InChI is InChI=1S/C15H20ClN3S/c1-3-9-17-14(13-8-10-19(2)18-13)11-20-15-7-5-4-6-12(15)16/h4-8,10,14,17H,3,9,11H2,1-2H3. The van der Waals surface area contributed by atoms with Crippen LogP contribution in [0.1, 0.15) is 25.1 Å². The molecule has 1 N–H and O–H groups in total. The lowest BCUT2D eigenvalue weighted by Crippen LogP contribution is -2.24. The summed E-state index contributed by atoms with van der Waals surface area (Å²) in [7, 11) is 1.95. The Kier molecular flexibility index (Phi) is 5.95. The number of aromatic nitrogens is 2. The van der Waals surface area contributed by atoms with Crippen LogP contribution in [0.2, 0.25) is 5.02 Å². The molecule has 1 aromatic carbocycles. The van der Waals surface area contributed by atoms with E-state index in [4.69, 9.17) is 11.6 Å². The molecule has 0 saturated carbocycles. The van der Waals surface area contributed by atoms with E-state index in [0.717, 1.165) is 34.3 Å². The first-order chi connectivity index (χ1) is 9.70. The molecule has 0 spiro atoms. The highest BCUT2D eigenvalue weighted by molar-refractivity contribution is 7.99. The van der Waals surface area contributed by atoms with Crippen LogP contribution in [-0.4, -0.2) is 22.1 Å². The van der Waals surface area contributed by atoms with Crippen LogP contribution in [0, 0.1) is 0 Å². The molecule has 0 saturated heterocycles. The third-order valence-electron chi connectivity index (χ3n) is 2.97. The van der Waals surface area contributed by atoms with Crippen molar-refractivity contribution in [3.05, 3.63) is 47.2 Å². The average molecular weight is 310 g/mol. The van der Waals surface area contributed by atoms with Gasteiger partial charge in [0.05, 0.1) is 16.8 Å². The fraction of sp³-hybridized carbons (Fsp3) is 0.400. The molecule has 0 aliphatic rings. The number of nitrogens with zero attached hydrogens (tertiary/aromatic N) is 2. The normalized spacial score (nSPS) is 12.6. The van der Waals surface area contributed by atoms with E-state index in [2.05, 4.69) is 29.5 Å². The van der Waals surface area contributed by atoms with Crippen molar-refractivity contribution in [2.45, 2.75) is 24.3 Å². The van der Waals surface area contributed by atoms with Gasteiger partial charge in [-0.25, -0.2) is 0 Å². The second kappa shape index (κ2) is 7.72. The molecule has 1 atom stereocenters. The van der Waals surface area contributed by atoms with Crippen LogP contribution in [0.5, 0.6) is 0 Å². The van der Waals surface area contributed by atoms with E-state index in [9.17, 15) is 0 Å². The van der Waals surface area contributed by atoms with Crippen molar-refractivity contribution in [2.75, 3.05) is 12.3 Å². The molecule has 0 fully saturated rings. The van der Waals surface area contributed by atoms with Crippen LogP contribution in [0.3, 0.4) is 0 Å². The summed E-state index contributed by atoms with van der Waals surface area (Å²) in [5, 5.41) is 8.87. The third kappa shape index (κ3) is 4.27. The molecule has 3 nitrogen and oxygen atoms in total. The summed E-state index contributed by atoms with van der Waals surface area (Å²) in [6, 6.07) is 10.3. The van der Waals surface area contributed by atoms with E-state index in [1.807, 2.05) is 36.1 Å². The second-order valence-corrected chi connectivity index (χ2v) is 6.13. The zero-order valence-electron chi connectivity index (χ0n) is 11.8. The maximum absolute atomic E-state index is 6.20. The molecule has 0 aliphatic heterocycles. The number of thioether (sulfide) groups is 1. The summed E-state index contributed by atoms with van der Waals surface area (Å²) < 4.78 is 1.84. The van der Waals surface area contributed by atoms with E-state index in [-0.39, 0.29) is 6.04 Å². The monoisotopic (exact) mass is 309 g/mol. The van der Waals surface area contributed by atoms with E-state index in [1.165, 1.54) is 0 Å². The van der Waals surface area contributed by atoms with Crippen LogP contribution < -0.4 is 5.32 Å². The van der Waals surface area contributed by atoms with Gasteiger partial charge < -0.3 is 5.32 Å². The van der Waals surface area contributed by atoms with Crippen LogP contribution >= 0.6 is 23.4 Å². The van der Waals surface area contributed by atoms with E-state index in [1.54, 1.807) is 11.8 Å². The van der Waals surface area contributed by atoms with Gasteiger partial charge >= 0.3 is 0 Å². The second-order valence-electron chi connectivity index (χ2n) is 4.66. The minimum absolute atomic E-state index is 0.248.